The van der Waals surface area contributed by atoms with Crippen molar-refractivity contribution < 1.29 is 18.0 Å². The molecule has 4 rings (SSSR count). The summed E-state index contributed by atoms with van der Waals surface area (Å²) < 4.78 is 28.9. The third kappa shape index (κ3) is 7.74. The Morgan fingerprint density at radius 2 is 1.32 bits per heavy atom. The molecule has 0 saturated heterocycles. The van der Waals surface area contributed by atoms with Crippen molar-refractivity contribution in [3.05, 3.63) is 131 Å². The van der Waals surface area contributed by atoms with Gasteiger partial charge in [0.1, 0.15) is 12.6 Å². The molecule has 0 aliphatic rings. The van der Waals surface area contributed by atoms with E-state index in [-0.39, 0.29) is 23.8 Å². The molecular formula is C32H32ClN3O4S. The lowest BCUT2D eigenvalue weighted by Gasteiger charge is -2.33. The van der Waals surface area contributed by atoms with Crippen LogP contribution < -0.4 is 9.62 Å². The number of sulfonamides is 1. The van der Waals surface area contributed by atoms with Gasteiger partial charge < -0.3 is 10.2 Å². The molecule has 4 aromatic carbocycles. The van der Waals surface area contributed by atoms with Gasteiger partial charge in [0.05, 0.1) is 10.6 Å². The molecule has 0 saturated carbocycles. The van der Waals surface area contributed by atoms with Gasteiger partial charge in [0.15, 0.2) is 0 Å². The highest BCUT2D eigenvalue weighted by Gasteiger charge is 2.34. The lowest BCUT2D eigenvalue weighted by atomic mass is 10.0. The normalized spacial score (nSPS) is 11.9. The van der Waals surface area contributed by atoms with Crippen LogP contribution in [-0.2, 0) is 32.6 Å². The fraction of sp³-hybridized carbons (Fsp3) is 0.188. The summed E-state index contributed by atoms with van der Waals surface area (Å²) in [6.45, 7) is 1.82. The van der Waals surface area contributed by atoms with Gasteiger partial charge in [-0.25, -0.2) is 8.42 Å². The monoisotopic (exact) mass is 589 g/mol. The molecule has 2 amide bonds. The standard InChI is InChI=1S/C32H32ClN3O4S/c1-2-34-32(38)30(22-25-12-6-3-7-13-25)35(23-26-14-8-4-9-15-26)31(37)24-36(28-16-10-5-11-17-28)41(39,40)29-20-18-27(33)19-21-29/h3-21,30H,2,22-24H2,1H3,(H,34,38). The van der Waals surface area contributed by atoms with E-state index in [4.69, 9.17) is 11.6 Å². The highest BCUT2D eigenvalue weighted by molar-refractivity contribution is 7.92. The molecule has 1 atom stereocenters. The van der Waals surface area contributed by atoms with Crippen LogP contribution in [0.1, 0.15) is 18.1 Å². The summed E-state index contributed by atoms with van der Waals surface area (Å²) in [4.78, 5) is 29.1. The zero-order valence-corrected chi connectivity index (χ0v) is 24.3. The van der Waals surface area contributed by atoms with Crippen LogP contribution in [0.4, 0.5) is 5.69 Å². The topological polar surface area (TPSA) is 86.8 Å². The predicted molar refractivity (Wildman–Crippen MR) is 162 cm³/mol. The largest absolute Gasteiger partial charge is 0.355 e. The second-order valence-corrected chi connectivity index (χ2v) is 11.7. The van der Waals surface area contributed by atoms with E-state index in [0.717, 1.165) is 15.4 Å². The number of nitrogens with one attached hydrogen (secondary N) is 1. The number of nitrogens with zero attached hydrogens (tertiary/aromatic N) is 2. The molecule has 1 N–H and O–H groups in total. The molecule has 0 spiro atoms. The maximum Gasteiger partial charge on any atom is 0.264 e. The molecular weight excluding hydrogens is 558 g/mol. The van der Waals surface area contributed by atoms with Crippen LogP contribution in [0.5, 0.6) is 0 Å². The first-order chi connectivity index (χ1) is 19.8. The summed E-state index contributed by atoms with van der Waals surface area (Å²) in [7, 11) is -4.16. The molecule has 0 aromatic heterocycles. The molecule has 7 nitrogen and oxygen atoms in total. The van der Waals surface area contributed by atoms with Gasteiger partial charge in [0.2, 0.25) is 11.8 Å². The zero-order valence-electron chi connectivity index (χ0n) is 22.7. The van der Waals surface area contributed by atoms with E-state index >= 15 is 0 Å². The molecule has 0 aliphatic heterocycles. The lowest BCUT2D eigenvalue weighted by Crippen LogP contribution is -2.53. The summed E-state index contributed by atoms with van der Waals surface area (Å²) in [6.07, 6.45) is 0.264. The van der Waals surface area contributed by atoms with Crippen molar-refractivity contribution in [2.24, 2.45) is 0 Å². The predicted octanol–water partition coefficient (Wildman–Crippen LogP) is 5.31. The third-order valence-electron chi connectivity index (χ3n) is 6.54. The number of hydrogen-bond donors (Lipinski definition) is 1. The Labute approximate surface area is 246 Å². The number of para-hydroxylation sites is 1. The molecule has 0 heterocycles. The number of halogens is 1. The minimum Gasteiger partial charge on any atom is -0.355 e. The first-order valence-corrected chi connectivity index (χ1v) is 15.1. The van der Waals surface area contributed by atoms with E-state index in [0.29, 0.717) is 17.3 Å². The number of carbonyl (C=O) groups is 2. The Hall–Kier alpha value is -4.14. The Kier molecular flexibility index (Phi) is 10.2. The van der Waals surface area contributed by atoms with Gasteiger partial charge in [0, 0.05) is 24.5 Å². The number of amides is 2. The maximum absolute atomic E-state index is 14.2. The lowest BCUT2D eigenvalue weighted by molar-refractivity contribution is -0.140. The fourth-order valence-corrected chi connectivity index (χ4v) is 6.02. The first-order valence-electron chi connectivity index (χ1n) is 13.3. The Morgan fingerprint density at radius 1 is 0.780 bits per heavy atom. The van der Waals surface area contributed by atoms with E-state index in [1.807, 2.05) is 67.6 Å². The van der Waals surface area contributed by atoms with E-state index in [1.165, 1.54) is 29.2 Å². The molecule has 9 heteroatoms. The minimum atomic E-state index is -4.16. The van der Waals surface area contributed by atoms with Crippen molar-refractivity contribution in [1.29, 1.82) is 0 Å². The molecule has 4 aromatic rings. The van der Waals surface area contributed by atoms with Crippen LogP contribution in [0, 0.1) is 0 Å². The second kappa shape index (κ2) is 14.0. The van der Waals surface area contributed by atoms with Crippen molar-refractivity contribution in [2.75, 3.05) is 17.4 Å². The summed E-state index contributed by atoms with van der Waals surface area (Å²) in [5.74, 6) is -0.824. The summed E-state index contributed by atoms with van der Waals surface area (Å²) in [5, 5.41) is 3.25. The first kappa shape index (κ1) is 29.8. The number of anilines is 1. The van der Waals surface area contributed by atoms with Crippen molar-refractivity contribution in [1.82, 2.24) is 10.2 Å². The molecule has 212 valence electrons. The van der Waals surface area contributed by atoms with Crippen LogP contribution >= 0.6 is 11.6 Å². The van der Waals surface area contributed by atoms with E-state index in [9.17, 15) is 18.0 Å². The van der Waals surface area contributed by atoms with Crippen LogP contribution in [0.25, 0.3) is 0 Å². The summed E-state index contributed by atoms with van der Waals surface area (Å²) >= 11 is 6.01. The molecule has 0 aliphatic carbocycles. The third-order valence-corrected chi connectivity index (χ3v) is 8.58. The number of hydrogen-bond acceptors (Lipinski definition) is 4. The van der Waals surface area contributed by atoms with Crippen molar-refractivity contribution in [3.63, 3.8) is 0 Å². The van der Waals surface area contributed by atoms with Gasteiger partial charge in [-0.05, 0) is 54.4 Å². The average Bonchev–Trinajstić information content (AvgIpc) is 2.99. The maximum atomic E-state index is 14.2. The van der Waals surface area contributed by atoms with Crippen LogP contribution in [0.15, 0.2) is 120 Å². The highest BCUT2D eigenvalue weighted by Crippen LogP contribution is 2.26. The van der Waals surface area contributed by atoms with E-state index in [2.05, 4.69) is 5.32 Å². The Balaban J connectivity index is 1.76. The SMILES string of the molecule is CCNC(=O)C(Cc1ccccc1)N(Cc1ccccc1)C(=O)CN(c1ccccc1)S(=O)(=O)c1ccc(Cl)cc1. The van der Waals surface area contributed by atoms with Crippen LogP contribution in [0.3, 0.4) is 0 Å². The van der Waals surface area contributed by atoms with E-state index in [1.54, 1.807) is 30.3 Å². The number of rotatable bonds is 12. The van der Waals surface area contributed by atoms with Crippen LogP contribution in [-0.4, -0.2) is 44.3 Å². The van der Waals surface area contributed by atoms with Gasteiger partial charge >= 0.3 is 0 Å². The van der Waals surface area contributed by atoms with Gasteiger partial charge in [-0.2, -0.15) is 0 Å². The molecule has 1 unspecified atom stereocenters. The molecule has 0 bridgehead atoms. The smallest absolute Gasteiger partial charge is 0.264 e. The van der Waals surface area contributed by atoms with E-state index < -0.39 is 28.5 Å². The minimum absolute atomic E-state index is 0.00211. The summed E-state index contributed by atoms with van der Waals surface area (Å²) in [5.41, 5.74) is 2.02. The Morgan fingerprint density at radius 3 is 1.88 bits per heavy atom. The van der Waals surface area contributed by atoms with Crippen LogP contribution in [0.2, 0.25) is 5.02 Å². The number of likely N-dealkylation sites (N-methyl/N-ethyl adjacent to an activating group) is 1. The van der Waals surface area contributed by atoms with Crippen molar-refractivity contribution >= 4 is 39.1 Å². The molecule has 0 fully saturated rings. The van der Waals surface area contributed by atoms with Gasteiger partial charge in [0.25, 0.3) is 10.0 Å². The second-order valence-electron chi connectivity index (χ2n) is 9.41. The van der Waals surface area contributed by atoms with Gasteiger partial charge in [-0.15, -0.1) is 0 Å². The molecule has 41 heavy (non-hydrogen) atoms. The highest BCUT2D eigenvalue weighted by atomic mass is 35.5. The quantitative estimate of drug-likeness (QED) is 0.243. The summed E-state index contributed by atoms with van der Waals surface area (Å²) in [6, 6.07) is 32.2. The van der Waals surface area contributed by atoms with Crippen molar-refractivity contribution in [3.8, 4) is 0 Å². The van der Waals surface area contributed by atoms with Gasteiger partial charge in [-0.1, -0.05) is 90.5 Å². The number of carbonyl (C=O) groups excluding carboxylic acids is 2. The fourth-order valence-electron chi connectivity index (χ4n) is 4.48. The zero-order chi connectivity index (χ0) is 29.2. The molecule has 0 radical (unpaired) electrons. The average molecular weight is 590 g/mol. The number of benzene rings is 4. The van der Waals surface area contributed by atoms with Crippen molar-refractivity contribution in [2.45, 2.75) is 30.8 Å². The van der Waals surface area contributed by atoms with Gasteiger partial charge in [-0.3, -0.25) is 13.9 Å². The Bertz CT molecular complexity index is 1530.